The first kappa shape index (κ1) is 32.8. The molecule has 13 nitrogen and oxygen atoms in total. The Morgan fingerprint density at radius 2 is 1.14 bits per heavy atom. The van der Waals surface area contributed by atoms with Gasteiger partial charge in [-0.1, -0.05) is 19.3 Å². The second-order valence-electron chi connectivity index (χ2n) is 8.75. The quantitative estimate of drug-likeness (QED) is 0.0745. The van der Waals surface area contributed by atoms with Crippen molar-refractivity contribution in [3.8, 4) is 0 Å². The van der Waals surface area contributed by atoms with Crippen LogP contribution in [0.15, 0.2) is 20.0 Å². The van der Waals surface area contributed by atoms with E-state index in [9.17, 15) is 0 Å². The van der Waals surface area contributed by atoms with Crippen molar-refractivity contribution in [2.45, 2.75) is 64.7 Å². The van der Waals surface area contributed by atoms with E-state index in [1.165, 1.54) is 0 Å². The van der Waals surface area contributed by atoms with E-state index in [-0.39, 0.29) is 23.8 Å². The van der Waals surface area contributed by atoms with Gasteiger partial charge in [0, 0.05) is 44.5 Å². The SMILES string of the molecule is CN=C(N)NC(N)=NCCCN(C)CCCN=C(N)NC(N)=NCCCCCCCC(=N)CC(C)=N. The molecule has 0 saturated heterocycles. The van der Waals surface area contributed by atoms with E-state index >= 15 is 0 Å². The third-order valence-corrected chi connectivity index (χ3v) is 5.11. The third kappa shape index (κ3) is 21.3. The van der Waals surface area contributed by atoms with E-state index < -0.39 is 0 Å². The van der Waals surface area contributed by atoms with Crippen LogP contribution in [0.5, 0.6) is 0 Å². The number of aliphatic imine (C=N–C) groups is 4. The van der Waals surface area contributed by atoms with Crippen LogP contribution in [-0.2, 0) is 0 Å². The monoisotopic (exact) mass is 507 g/mol. The van der Waals surface area contributed by atoms with Crippen LogP contribution in [-0.4, -0.2) is 87.0 Å². The Morgan fingerprint density at radius 1 is 0.694 bits per heavy atom. The van der Waals surface area contributed by atoms with E-state index in [0.717, 1.165) is 64.5 Å². The van der Waals surface area contributed by atoms with Crippen molar-refractivity contribution in [3.63, 3.8) is 0 Å². The molecule has 0 heterocycles. The Bertz CT molecular complexity index is 755. The second kappa shape index (κ2) is 21.1. The molecular formula is C23H49N13. The number of unbranched alkanes of at least 4 members (excludes halogenated alkanes) is 4. The first-order chi connectivity index (χ1) is 17.1. The number of hydrogen-bond acceptors (Lipinski definition) is 7. The predicted molar refractivity (Wildman–Crippen MR) is 153 cm³/mol. The van der Waals surface area contributed by atoms with Crippen molar-refractivity contribution in [2.24, 2.45) is 42.9 Å². The van der Waals surface area contributed by atoms with Gasteiger partial charge in [0.1, 0.15) is 0 Å². The summed E-state index contributed by atoms with van der Waals surface area (Å²) in [4.78, 5) is 18.8. The maximum atomic E-state index is 7.79. The van der Waals surface area contributed by atoms with Crippen LogP contribution in [0.4, 0.5) is 0 Å². The van der Waals surface area contributed by atoms with Gasteiger partial charge in [-0.2, -0.15) is 0 Å². The molecule has 0 fully saturated rings. The molecule has 0 aliphatic carbocycles. The first-order valence-electron chi connectivity index (χ1n) is 12.6. The van der Waals surface area contributed by atoms with Gasteiger partial charge in [-0.3, -0.25) is 30.6 Å². The second-order valence-corrected chi connectivity index (χ2v) is 8.75. The average Bonchev–Trinajstić information content (AvgIpc) is 2.80. The van der Waals surface area contributed by atoms with Crippen molar-refractivity contribution < 1.29 is 0 Å². The Morgan fingerprint density at radius 3 is 1.64 bits per heavy atom. The first-order valence-corrected chi connectivity index (χ1v) is 12.6. The summed E-state index contributed by atoms with van der Waals surface area (Å²) in [6.07, 6.45) is 8.27. The summed E-state index contributed by atoms with van der Waals surface area (Å²) in [6, 6.07) is 0. The van der Waals surface area contributed by atoms with E-state index in [1.807, 2.05) is 7.05 Å². The minimum absolute atomic E-state index is 0.239. The van der Waals surface area contributed by atoms with Crippen molar-refractivity contribution in [2.75, 3.05) is 46.8 Å². The van der Waals surface area contributed by atoms with Crippen LogP contribution in [0.1, 0.15) is 64.7 Å². The molecule has 12 N–H and O–H groups in total. The molecule has 0 aromatic heterocycles. The number of guanidine groups is 4. The topological polar surface area (TPSA) is 229 Å². The minimum Gasteiger partial charge on any atom is -0.370 e. The van der Waals surface area contributed by atoms with Crippen molar-refractivity contribution >= 4 is 35.3 Å². The number of nitrogens with one attached hydrogen (secondary N) is 4. The molecule has 0 aromatic carbocycles. The highest BCUT2D eigenvalue weighted by atomic mass is 15.2. The van der Waals surface area contributed by atoms with Gasteiger partial charge in [0.15, 0.2) is 23.8 Å². The van der Waals surface area contributed by atoms with Crippen LogP contribution in [0.25, 0.3) is 0 Å². The van der Waals surface area contributed by atoms with E-state index in [0.29, 0.717) is 37.5 Å². The Labute approximate surface area is 216 Å². The zero-order valence-corrected chi connectivity index (χ0v) is 22.4. The van der Waals surface area contributed by atoms with Crippen LogP contribution in [0.3, 0.4) is 0 Å². The standard InChI is InChI=1S/C23H49N13/c1-18(24)17-19(25)11-7-5-4-6-8-12-31-22(28)35-23(29)33-14-10-16-36(3)15-9-13-32-21(27)34-20(26)30-2/h24-25H,4-17H2,1-3H3,(H5,26,27,30,32,34)(H5,28,29,31,33,35). The van der Waals surface area contributed by atoms with Gasteiger partial charge < -0.3 is 38.7 Å². The van der Waals surface area contributed by atoms with Crippen molar-refractivity contribution in [1.29, 1.82) is 10.8 Å². The van der Waals surface area contributed by atoms with Gasteiger partial charge in [-0.05, 0) is 59.2 Å². The summed E-state index contributed by atoms with van der Waals surface area (Å²) < 4.78 is 0. The maximum Gasteiger partial charge on any atom is 0.195 e. The van der Waals surface area contributed by atoms with Gasteiger partial charge >= 0.3 is 0 Å². The Balaban J connectivity index is 3.85. The van der Waals surface area contributed by atoms with Crippen LogP contribution in [0.2, 0.25) is 0 Å². The molecule has 0 rings (SSSR count). The Hall–Kier alpha value is -3.22. The highest BCUT2D eigenvalue weighted by Gasteiger charge is 2.01. The predicted octanol–water partition coefficient (Wildman–Crippen LogP) is 0.556. The summed E-state index contributed by atoms with van der Waals surface area (Å²) >= 11 is 0. The summed E-state index contributed by atoms with van der Waals surface area (Å²) in [5, 5.41) is 20.7. The fourth-order valence-corrected chi connectivity index (χ4v) is 3.22. The lowest BCUT2D eigenvalue weighted by atomic mass is 10.1. The summed E-state index contributed by atoms with van der Waals surface area (Å²) in [5.74, 6) is 1.06. The molecule has 13 heteroatoms. The third-order valence-electron chi connectivity index (χ3n) is 5.11. The Kier molecular flexibility index (Phi) is 19.2. The van der Waals surface area contributed by atoms with Crippen LogP contribution in [0, 0.1) is 10.8 Å². The van der Waals surface area contributed by atoms with E-state index in [4.69, 9.17) is 33.8 Å². The molecule has 206 valence electrons. The molecule has 0 spiro atoms. The molecule has 0 radical (unpaired) electrons. The van der Waals surface area contributed by atoms with Gasteiger partial charge in [-0.25, -0.2) is 0 Å². The molecule has 0 bridgehead atoms. The molecule has 0 saturated carbocycles. The maximum absolute atomic E-state index is 7.79. The highest BCUT2D eigenvalue weighted by Crippen LogP contribution is 2.07. The van der Waals surface area contributed by atoms with Gasteiger partial charge in [0.25, 0.3) is 0 Å². The molecular weight excluding hydrogens is 458 g/mol. The van der Waals surface area contributed by atoms with Crippen LogP contribution >= 0.6 is 0 Å². The summed E-state index contributed by atoms with van der Waals surface area (Å²) in [6.45, 7) is 5.36. The lowest BCUT2D eigenvalue weighted by Crippen LogP contribution is -2.41. The van der Waals surface area contributed by atoms with Gasteiger partial charge in [0.2, 0.25) is 0 Å². The number of hydrogen-bond donors (Lipinski definition) is 8. The molecule has 0 unspecified atom stereocenters. The summed E-state index contributed by atoms with van der Waals surface area (Å²) in [5.41, 5.74) is 24.2. The average molecular weight is 508 g/mol. The number of rotatable bonds is 18. The molecule has 0 amide bonds. The summed E-state index contributed by atoms with van der Waals surface area (Å²) in [7, 11) is 3.62. The lowest BCUT2D eigenvalue weighted by Gasteiger charge is -2.15. The van der Waals surface area contributed by atoms with Gasteiger partial charge in [-0.15, -0.1) is 0 Å². The molecule has 0 atom stereocenters. The van der Waals surface area contributed by atoms with Crippen molar-refractivity contribution in [3.05, 3.63) is 0 Å². The largest absolute Gasteiger partial charge is 0.370 e. The normalized spacial score (nSPS) is 13.2. The molecule has 0 aromatic rings. The fourth-order valence-electron chi connectivity index (χ4n) is 3.22. The van der Waals surface area contributed by atoms with E-state index in [2.05, 4.69) is 35.5 Å². The zero-order chi connectivity index (χ0) is 27.2. The zero-order valence-electron chi connectivity index (χ0n) is 22.4. The number of nitrogens with two attached hydrogens (primary N) is 4. The molecule has 0 aliphatic heterocycles. The highest BCUT2D eigenvalue weighted by molar-refractivity contribution is 6.00. The van der Waals surface area contributed by atoms with Crippen LogP contribution < -0.4 is 33.6 Å². The van der Waals surface area contributed by atoms with Crippen molar-refractivity contribution in [1.82, 2.24) is 15.5 Å². The lowest BCUT2D eigenvalue weighted by molar-refractivity contribution is 0.329. The minimum atomic E-state index is 0.239. The van der Waals surface area contributed by atoms with Gasteiger partial charge in [0.05, 0.1) is 0 Å². The fraction of sp³-hybridized carbons (Fsp3) is 0.739. The molecule has 0 aliphatic rings. The molecule has 36 heavy (non-hydrogen) atoms. The number of nitrogens with zero attached hydrogens (tertiary/aromatic N) is 5. The van der Waals surface area contributed by atoms with E-state index in [1.54, 1.807) is 14.0 Å². The smallest absolute Gasteiger partial charge is 0.195 e.